The normalized spacial score (nSPS) is 10.8. The maximum absolute atomic E-state index is 12.6. The molecule has 0 fully saturated rings. The minimum absolute atomic E-state index is 0.403. The van der Waals surface area contributed by atoms with Gasteiger partial charge in [0.25, 0.3) is 11.7 Å². The van der Waals surface area contributed by atoms with Crippen LogP contribution in [0.15, 0.2) is 18.3 Å². The Morgan fingerprint density at radius 2 is 1.83 bits per heavy atom. The van der Waals surface area contributed by atoms with E-state index in [4.69, 9.17) is 4.74 Å². The number of benzene rings is 1. The molecule has 0 atom stereocenters. The highest BCUT2D eigenvalue weighted by Gasteiger charge is 2.25. The average molecular weight is 316 g/mol. The zero-order valence-electron chi connectivity index (χ0n) is 14.2. The van der Waals surface area contributed by atoms with Crippen LogP contribution in [-0.2, 0) is 4.79 Å². The summed E-state index contributed by atoms with van der Waals surface area (Å²) in [6.07, 6.45) is 3.28. The number of nitrogens with zero attached hydrogens (tertiary/aromatic N) is 1. The molecule has 23 heavy (non-hydrogen) atoms. The van der Waals surface area contributed by atoms with E-state index >= 15 is 0 Å². The fourth-order valence-corrected chi connectivity index (χ4v) is 2.78. The van der Waals surface area contributed by atoms with E-state index in [-0.39, 0.29) is 0 Å². The fourth-order valence-electron chi connectivity index (χ4n) is 2.78. The second kappa shape index (κ2) is 7.31. The van der Waals surface area contributed by atoms with E-state index in [1.807, 2.05) is 32.9 Å². The number of Topliss-reactive ketones (excluding diaryl/α,β-unsaturated/α-hetero) is 1. The molecule has 0 spiro atoms. The summed E-state index contributed by atoms with van der Waals surface area (Å²) in [6.45, 7) is 7.14. The molecule has 1 N–H and O–H groups in total. The molecule has 0 saturated heterocycles. The van der Waals surface area contributed by atoms with Gasteiger partial charge in [-0.25, -0.2) is 0 Å². The number of carbonyl (C=O) groups is 2. The Balaban J connectivity index is 2.38. The first-order valence-electron chi connectivity index (χ1n) is 8.02. The van der Waals surface area contributed by atoms with Crippen molar-refractivity contribution in [2.45, 2.75) is 33.6 Å². The number of ketones is 1. The van der Waals surface area contributed by atoms with Crippen LogP contribution in [0.2, 0.25) is 0 Å². The lowest BCUT2D eigenvalue weighted by Gasteiger charge is -2.20. The first-order valence-corrected chi connectivity index (χ1v) is 8.02. The van der Waals surface area contributed by atoms with Crippen molar-refractivity contribution >= 4 is 22.6 Å². The molecule has 0 aliphatic carbocycles. The van der Waals surface area contributed by atoms with Crippen molar-refractivity contribution in [2.24, 2.45) is 0 Å². The number of hydrogen-bond acceptors (Lipinski definition) is 3. The van der Waals surface area contributed by atoms with Gasteiger partial charge in [0, 0.05) is 30.2 Å². The molecule has 2 rings (SSSR count). The maximum Gasteiger partial charge on any atom is 0.295 e. The molecule has 0 radical (unpaired) electrons. The number of carbonyl (C=O) groups excluding carboxylic acids is 2. The molecule has 5 nitrogen and oxygen atoms in total. The smallest absolute Gasteiger partial charge is 0.295 e. The standard InChI is InChI=1S/C18H24N2O3/c1-5-7-20(8-6-2)18(22)17(21)14-11-19-15-9-12(3)16(23-4)10-13(14)15/h9-11,19H,5-8H2,1-4H3. The van der Waals surface area contributed by atoms with Crippen LogP contribution in [0.4, 0.5) is 0 Å². The SMILES string of the molecule is CCCN(CCC)C(=O)C(=O)c1c[nH]c2cc(C)c(OC)cc12. The van der Waals surface area contributed by atoms with Gasteiger partial charge in [0.1, 0.15) is 5.75 Å². The van der Waals surface area contributed by atoms with Crippen molar-refractivity contribution in [2.75, 3.05) is 20.2 Å². The number of aromatic amines is 1. The Morgan fingerprint density at radius 3 is 2.39 bits per heavy atom. The van der Waals surface area contributed by atoms with Gasteiger partial charge in [-0.15, -0.1) is 0 Å². The summed E-state index contributed by atoms with van der Waals surface area (Å²) in [5.41, 5.74) is 2.21. The van der Waals surface area contributed by atoms with Crippen molar-refractivity contribution in [1.82, 2.24) is 9.88 Å². The number of ether oxygens (including phenoxy) is 1. The summed E-state index contributed by atoms with van der Waals surface area (Å²) in [5.74, 6) is -0.198. The summed E-state index contributed by atoms with van der Waals surface area (Å²) in [5, 5.41) is 0.721. The maximum atomic E-state index is 12.6. The first kappa shape index (κ1) is 17.1. The second-order valence-electron chi connectivity index (χ2n) is 5.69. The van der Waals surface area contributed by atoms with Crippen molar-refractivity contribution in [3.05, 3.63) is 29.5 Å². The van der Waals surface area contributed by atoms with Crippen LogP contribution < -0.4 is 4.74 Å². The number of aryl methyl sites for hydroxylation is 1. The number of hydrogen-bond donors (Lipinski definition) is 1. The molecule has 0 aliphatic rings. The second-order valence-corrected chi connectivity index (χ2v) is 5.69. The molecule has 1 amide bonds. The quantitative estimate of drug-likeness (QED) is 0.629. The minimum Gasteiger partial charge on any atom is -0.496 e. The van der Waals surface area contributed by atoms with Crippen molar-refractivity contribution in [1.29, 1.82) is 0 Å². The fraction of sp³-hybridized carbons (Fsp3) is 0.444. The summed E-state index contributed by atoms with van der Waals surface area (Å²) in [6, 6.07) is 3.73. The molecular weight excluding hydrogens is 292 g/mol. The lowest BCUT2D eigenvalue weighted by molar-refractivity contribution is -0.126. The van der Waals surface area contributed by atoms with Crippen LogP contribution in [0.1, 0.15) is 42.6 Å². The Morgan fingerprint density at radius 1 is 1.17 bits per heavy atom. The molecule has 0 saturated carbocycles. The van der Waals surface area contributed by atoms with Crippen LogP contribution in [0.3, 0.4) is 0 Å². The average Bonchev–Trinajstić information content (AvgIpc) is 2.94. The molecule has 2 aromatic rings. The van der Waals surface area contributed by atoms with Crippen LogP contribution in [0.5, 0.6) is 5.75 Å². The summed E-state index contributed by atoms with van der Waals surface area (Å²) < 4.78 is 5.32. The third-order valence-electron chi connectivity index (χ3n) is 3.91. The number of H-pyrrole nitrogens is 1. The van der Waals surface area contributed by atoms with E-state index in [9.17, 15) is 9.59 Å². The van der Waals surface area contributed by atoms with Crippen molar-refractivity contribution in [3.8, 4) is 5.75 Å². The van der Waals surface area contributed by atoms with Gasteiger partial charge < -0.3 is 14.6 Å². The van der Waals surface area contributed by atoms with Crippen molar-refractivity contribution in [3.63, 3.8) is 0 Å². The van der Waals surface area contributed by atoms with E-state index in [2.05, 4.69) is 4.98 Å². The highest BCUT2D eigenvalue weighted by Crippen LogP contribution is 2.27. The lowest BCUT2D eigenvalue weighted by Crippen LogP contribution is -2.37. The Bertz CT molecular complexity index is 712. The van der Waals surface area contributed by atoms with Gasteiger partial charge in [0.15, 0.2) is 0 Å². The number of nitrogens with one attached hydrogen (secondary N) is 1. The zero-order chi connectivity index (χ0) is 17.0. The Labute approximate surface area is 136 Å². The molecule has 0 unspecified atom stereocenters. The molecule has 5 heteroatoms. The summed E-state index contributed by atoms with van der Waals surface area (Å²) in [7, 11) is 1.59. The predicted octanol–water partition coefficient (Wildman–Crippen LogP) is 3.32. The van der Waals surface area contributed by atoms with E-state index < -0.39 is 11.7 Å². The molecule has 124 valence electrons. The van der Waals surface area contributed by atoms with Crippen molar-refractivity contribution < 1.29 is 14.3 Å². The molecule has 1 heterocycles. The largest absolute Gasteiger partial charge is 0.496 e. The number of amides is 1. The van der Waals surface area contributed by atoms with Crippen LogP contribution >= 0.6 is 0 Å². The highest BCUT2D eigenvalue weighted by molar-refractivity contribution is 6.44. The zero-order valence-corrected chi connectivity index (χ0v) is 14.2. The first-order chi connectivity index (χ1) is 11.0. The molecular formula is C18H24N2O3. The third kappa shape index (κ3) is 3.38. The Hall–Kier alpha value is -2.30. The molecule has 0 bridgehead atoms. The van der Waals surface area contributed by atoms with E-state index in [1.54, 1.807) is 18.2 Å². The molecule has 1 aromatic heterocycles. The van der Waals surface area contributed by atoms with Gasteiger partial charge in [-0.05, 0) is 37.5 Å². The van der Waals surface area contributed by atoms with E-state index in [0.29, 0.717) is 24.4 Å². The van der Waals surface area contributed by atoms with Gasteiger partial charge in [-0.3, -0.25) is 9.59 Å². The monoisotopic (exact) mass is 316 g/mol. The molecule has 0 aliphatic heterocycles. The minimum atomic E-state index is -0.468. The Kier molecular flexibility index (Phi) is 5.42. The van der Waals surface area contributed by atoms with Crippen LogP contribution in [0, 0.1) is 6.92 Å². The topological polar surface area (TPSA) is 62.4 Å². The van der Waals surface area contributed by atoms with Gasteiger partial charge in [-0.1, -0.05) is 13.8 Å². The summed E-state index contributed by atoms with van der Waals surface area (Å²) in [4.78, 5) is 29.9. The van der Waals surface area contributed by atoms with E-state index in [0.717, 1.165) is 29.3 Å². The lowest BCUT2D eigenvalue weighted by atomic mass is 10.1. The van der Waals surface area contributed by atoms with Gasteiger partial charge in [-0.2, -0.15) is 0 Å². The van der Waals surface area contributed by atoms with Crippen LogP contribution in [0.25, 0.3) is 10.9 Å². The number of methoxy groups -OCH3 is 1. The van der Waals surface area contributed by atoms with Gasteiger partial charge >= 0.3 is 0 Å². The van der Waals surface area contributed by atoms with Gasteiger partial charge in [0.05, 0.1) is 12.7 Å². The van der Waals surface area contributed by atoms with Gasteiger partial charge in [0.2, 0.25) is 0 Å². The highest BCUT2D eigenvalue weighted by atomic mass is 16.5. The van der Waals surface area contributed by atoms with Crippen LogP contribution in [-0.4, -0.2) is 41.8 Å². The van der Waals surface area contributed by atoms with E-state index in [1.165, 1.54) is 0 Å². The predicted molar refractivity (Wildman–Crippen MR) is 91.1 cm³/mol. The third-order valence-corrected chi connectivity index (χ3v) is 3.91. The number of aromatic nitrogens is 1. The molecule has 1 aromatic carbocycles. The number of fused-ring (bicyclic) bond motifs is 1. The summed E-state index contributed by atoms with van der Waals surface area (Å²) >= 11 is 0. The number of rotatable bonds is 7.